The van der Waals surface area contributed by atoms with Crippen LogP contribution in [0.1, 0.15) is 66.7 Å². The molecule has 8 atom stereocenters. The standard InChI is InChI=1S/C42H51ClN6O9S/c1-8-24-18-42(24,38(53)55-7)48-36(51)30-16-26(19-49(30)37(52)35(41(4,5)6)47-40(54)58-25-14-22-13-23(22)15-25)57-32-17-28(29-20-59-39(46-29)44-21(2)3)45-34-27(32)9-10-31(33(34)43)56-12-11-50/h8-11,17,20-26,30,35H,1,12-16,18-19H2,2-7H3,(H,44,46)(H,47,54)(H,48,51)/t22-,23+,24-,25?,26?,30+,35-,42?/m1/s1. The number of anilines is 1. The molecule has 3 aliphatic carbocycles. The molecule has 15 nitrogen and oxygen atoms in total. The SMILES string of the molecule is C=C[C@@H]1CC1(NC(=O)[C@@H]1CC(Oc2cc(-c3csc(NC(C)C)n3)nc3c(Cl)c(OCC=O)ccc23)CN1C(=O)[C@@H](NC(=O)OC1C[C@@H]2C[C@@H]2C1)C(C)(C)C)C(=O)OC. The second-order valence-corrected chi connectivity index (χ2v) is 18.5. The van der Waals surface area contributed by atoms with E-state index in [0.717, 1.165) is 12.8 Å². The number of aldehydes is 1. The van der Waals surface area contributed by atoms with Gasteiger partial charge in [-0.1, -0.05) is 38.4 Å². The largest absolute Gasteiger partial charge is 0.488 e. The minimum absolute atomic E-state index is 0.0340. The number of ether oxygens (including phenoxy) is 4. The second kappa shape index (κ2) is 16.6. The van der Waals surface area contributed by atoms with Crippen molar-refractivity contribution in [2.45, 2.75) is 103 Å². The minimum atomic E-state index is -1.32. The molecule has 0 spiro atoms. The van der Waals surface area contributed by atoms with Gasteiger partial charge >= 0.3 is 12.1 Å². The number of methoxy groups -OCH3 is 1. The molecule has 3 aromatic rings. The zero-order chi connectivity index (χ0) is 42.4. The minimum Gasteiger partial charge on any atom is -0.488 e. The number of carbonyl (C=O) groups is 5. The lowest BCUT2D eigenvalue weighted by Gasteiger charge is -2.35. The number of nitrogens with one attached hydrogen (secondary N) is 3. The molecular formula is C42H51ClN6O9S. The van der Waals surface area contributed by atoms with Crippen LogP contribution in [0.5, 0.6) is 11.5 Å². The van der Waals surface area contributed by atoms with Crippen LogP contribution in [0.15, 0.2) is 36.2 Å². The number of fused-ring (bicyclic) bond motifs is 2. The summed E-state index contributed by atoms with van der Waals surface area (Å²) in [6.45, 7) is 13.0. The number of pyridine rings is 1. The van der Waals surface area contributed by atoms with E-state index in [1.165, 1.54) is 29.8 Å². The Hall–Kier alpha value is -4.96. The molecule has 59 heavy (non-hydrogen) atoms. The van der Waals surface area contributed by atoms with Crippen molar-refractivity contribution in [1.29, 1.82) is 0 Å². The van der Waals surface area contributed by atoms with Gasteiger partial charge in [-0.3, -0.25) is 14.4 Å². The quantitative estimate of drug-likeness (QED) is 0.0931. The third kappa shape index (κ3) is 8.84. The molecule has 3 heterocycles. The zero-order valence-corrected chi connectivity index (χ0v) is 35.6. The van der Waals surface area contributed by atoms with Gasteiger partial charge in [-0.05, 0) is 68.9 Å². The van der Waals surface area contributed by atoms with E-state index in [0.29, 0.717) is 57.7 Å². The third-order valence-electron chi connectivity index (χ3n) is 11.5. The number of alkyl carbamates (subject to hydrolysis) is 1. The summed E-state index contributed by atoms with van der Waals surface area (Å²) in [6, 6.07) is 3.01. The number of hydrogen-bond acceptors (Lipinski definition) is 13. The number of esters is 1. The Balaban J connectivity index is 1.22. The van der Waals surface area contributed by atoms with Crippen LogP contribution in [0.2, 0.25) is 5.02 Å². The summed E-state index contributed by atoms with van der Waals surface area (Å²) in [5.74, 6) is -0.265. The third-order valence-corrected chi connectivity index (χ3v) is 12.7. The van der Waals surface area contributed by atoms with Crippen LogP contribution in [0.3, 0.4) is 0 Å². The van der Waals surface area contributed by atoms with E-state index in [9.17, 15) is 24.0 Å². The van der Waals surface area contributed by atoms with Crippen LogP contribution in [-0.2, 0) is 28.7 Å². The zero-order valence-electron chi connectivity index (χ0n) is 34.0. The van der Waals surface area contributed by atoms with E-state index in [1.807, 2.05) is 40.0 Å². The average molecular weight is 851 g/mol. The van der Waals surface area contributed by atoms with Crippen LogP contribution in [0.25, 0.3) is 22.3 Å². The smallest absolute Gasteiger partial charge is 0.408 e. The Bertz CT molecular complexity index is 2150. The van der Waals surface area contributed by atoms with Crippen molar-refractivity contribution in [1.82, 2.24) is 25.5 Å². The van der Waals surface area contributed by atoms with Gasteiger partial charge in [0.05, 0.1) is 24.9 Å². The van der Waals surface area contributed by atoms with Crippen LogP contribution < -0.4 is 25.4 Å². The number of hydrogen-bond donors (Lipinski definition) is 3. The summed E-state index contributed by atoms with van der Waals surface area (Å²) >= 11 is 8.26. The first-order chi connectivity index (χ1) is 28.0. The van der Waals surface area contributed by atoms with Gasteiger partial charge in [-0.2, -0.15) is 0 Å². The van der Waals surface area contributed by atoms with Crippen LogP contribution in [0.4, 0.5) is 9.93 Å². The predicted octanol–water partition coefficient (Wildman–Crippen LogP) is 5.93. The molecule has 1 aliphatic heterocycles. The maximum Gasteiger partial charge on any atom is 0.408 e. The van der Waals surface area contributed by atoms with Crippen molar-refractivity contribution in [2.24, 2.45) is 23.2 Å². The van der Waals surface area contributed by atoms with Crippen LogP contribution in [-0.4, -0.2) is 101 Å². The normalized spacial score (nSPS) is 26.1. The van der Waals surface area contributed by atoms with E-state index in [4.69, 9.17) is 40.5 Å². The molecule has 3 amide bonds. The first-order valence-electron chi connectivity index (χ1n) is 19.9. The van der Waals surface area contributed by atoms with Crippen molar-refractivity contribution >= 4 is 69.1 Å². The molecule has 4 aliphatic rings. The Kier molecular flexibility index (Phi) is 11.9. The topological polar surface area (TPSA) is 187 Å². The number of aromatic nitrogens is 2. The van der Waals surface area contributed by atoms with Gasteiger partial charge in [0.1, 0.15) is 58.7 Å². The van der Waals surface area contributed by atoms with Gasteiger partial charge in [0.2, 0.25) is 11.8 Å². The second-order valence-electron chi connectivity index (χ2n) is 17.3. The fourth-order valence-electron chi connectivity index (χ4n) is 8.29. The highest BCUT2D eigenvalue weighted by Crippen LogP contribution is 2.52. The number of nitrogens with zero attached hydrogens (tertiary/aromatic N) is 3. The molecule has 4 fully saturated rings. The van der Waals surface area contributed by atoms with Crippen molar-refractivity contribution in [3.8, 4) is 22.9 Å². The van der Waals surface area contributed by atoms with Crippen molar-refractivity contribution in [3.05, 3.63) is 41.3 Å². The summed E-state index contributed by atoms with van der Waals surface area (Å²) in [4.78, 5) is 77.5. The Morgan fingerprint density at radius 3 is 2.46 bits per heavy atom. The fraction of sp³-hybridized carbons (Fsp3) is 0.548. The van der Waals surface area contributed by atoms with Crippen molar-refractivity contribution < 1.29 is 42.9 Å². The maximum absolute atomic E-state index is 14.8. The predicted molar refractivity (Wildman–Crippen MR) is 221 cm³/mol. The van der Waals surface area contributed by atoms with Crippen molar-refractivity contribution in [2.75, 3.05) is 25.6 Å². The van der Waals surface area contributed by atoms with Gasteiger partial charge < -0.3 is 39.8 Å². The number of amides is 3. The Labute approximate surface area is 351 Å². The molecule has 1 saturated heterocycles. The van der Waals surface area contributed by atoms with Crippen molar-refractivity contribution in [3.63, 3.8) is 0 Å². The molecule has 17 heteroatoms. The number of carbonyl (C=O) groups excluding carboxylic acids is 5. The molecule has 1 aromatic carbocycles. The molecular weight excluding hydrogens is 800 g/mol. The highest BCUT2D eigenvalue weighted by Gasteiger charge is 2.62. The van der Waals surface area contributed by atoms with Gasteiger partial charge in [-0.15, -0.1) is 17.9 Å². The average Bonchev–Trinajstić information content (AvgIpc) is 3.85. The van der Waals surface area contributed by atoms with Gasteiger partial charge in [0.25, 0.3) is 0 Å². The molecule has 7 rings (SSSR count). The lowest BCUT2D eigenvalue weighted by Crippen LogP contribution is -2.59. The van der Waals surface area contributed by atoms with E-state index >= 15 is 0 Å². The van der Waals surface area contributed by atoms with E-state index < -0.39 is 53.0 Å². The highest BCUT2D eigenvalue weighted by molar-refractivity contribution is 7.14. The van der Waals surface area contributed by atoms with Crippen LogP contribution in [0, 0.1) is 23.2 Å². The molecule has 2 aromatic heterocycles. The first-order valence-corrected chi connectivity index (χ1v) is 21.2. The summed E-state index contributed by atoms with van der Waals surface area (Å²) in [5.41, 5.74) is -0.792. The summed E-state index contributed by atoms with van der Waals surface area (Å²) in [5, 5.41) is 12.2. The summed E-state index contributed by atoms with van der Waals surface area (Å²) in [7, 11) is 1.25. The van der Waals surface area contributed by atoms with Crippen LogP contribution >= 0.6 is 22.9 Å². The number of thiazole rings is 1. The summed E-state index contributed by atoms with van der Waals surface area (Å²) in [6.07, 6.45) is 3.69. The lowest BCUT2D eigenvalue weighted by molar-refractivity contribution is -0.148. The summed E-state index contributed by atoms with van der Waals surface area (Å²) < 4.78 is 23.2. The van der Waals surface area contributed by atoms with Gasteiger partial charge in [0.15, 0.2) is 11.4 Å². The molecule has 3 N–H and O–H groups in total. The maximum atomic E-state index is 14.8. The Morgan fingerprint density at radius 2 is 1.81 bits per heavy atom. The molecule has 3 unspecified atom stereocenters. The monoisotopic (exact) mass is 850 g/mol. The lowest BCUT2D eigenvalue weighted by atomic mass is 9.85. The first kappa shape index (κ1) is 42.2. The molecule has 0 bridgehead atoms. The molecule has 0 radical (unpaired) electrons. The number of halogens is 1. The number of rotatable bonds is 15. The van der Waals surface area contributed by atoms with E-state index in [1.54, 1.807) is 24.3 Å². The molecule has 3 saturated carbocycles. The van der Waals surface area contributed by atoms with Gasteiger partial charge in [0, 0.05) is 35.2 Å². The van der Waals surface area contributed by atoms with E-state index in [2.05, 4.69) is 22.5 Å². The fourth-order valence-corrected chi connectivity index (χ4v) is 9.41. The van der Waals surface area contributed by atoms with Gasteiger partial charge in [-0.25, -0.2) is 19.6 Å². The molecule has 316 valence electrons. The highest BCUT2D eigenvalue weighted by atomic mass is 35.5. The van der Waals surface area contributed by atoms with E-state index in [-0.39, 0.29) is 48.4 Å². The number of likely N-dealkylation sites (tertiary alicyclic amines) is 1. The Morgan fingerprint density at radius 1 is 1.07 bits per heavy atom. The number of benzene rings is 1.